The molecule has 1 saturated carbocycles. The highest BCUT2D eigenvalue weighted by atomic mass is 16.2. The Morgan fingerprint density at radius 1 is 1.03 bits per heavy atom. The second-order valence-electron chi connectivity index (χ2n) is 9.41. The van der Waals surface area contributed by atoms with Crippen molar-refractivity contribution < 1.29 is 4.79 Å². The Hall–Kier alpha value is -4.25. The Balaban J connectivity index is 1.32. The molecule has 11 nitrogen and oxygen atoms in total. The van der Waals surface area contributed by atoms with E-state index in [-0.39, 0.29) is 17.6 Å². The number of nitrogens with zero attached hydrogens (tertiary/aromatic N) is 6. The van der Waals surface area contributed by atoms with Crippen molar-refractivity contribution in [3.05, 3.63) is 64.2 Å². The molecule has 182 valence electrons. The smallest absolute Gasteiger partial charge is 0.323 e. The molecule has 1 aliphatic carbocycles. The van der Waals surface area contributed by atoms with Gasteiger partial charge in [-0.15, -0.1) is 0 Å². The van der Waals surface area contributed by atoms with E-state index < -0.39 is 0 Å². The van der Waals surface area contributed by atoms with Gasteiger partial charge in [-0.3, -0.25) is 9.69 Å². The summed E-state index contributed by atoms with van der Waals surface area (Å²) in [6.07, 6.45) is 6.14. The summed E-state index contributed by atoms with van der Waals surface area (Å²) in [4.78, 5) is 40.8. The fourth-order valence-corrected chi connectivity index (χ4v) is 5.02. The van der Waals surface area contributed by atoms with Crippen molar-refractivity contribution in [3.8, 4) is 5.69 Å². The minimum Gasteiger partial charge on any atom is -0.336 e. The van der Waals surface area contributed by atoms with Gasteiger partial charge < -0.3 is 16.0 Å². The number of benzene rings is 1. The molecule has 1 saturated heterocycles. The number of amides is 2. The molecule has 11 heteroatoms. The number of hydrogen-bond acceptors (Lipinski definition) is 7. The van der Waals surface area contributed by atoms with E-state index in [4.69, 9.17) is 4.98 Å². The third-order valence-electron chi connectivity index (χ3n) is 6.97. The van der Waals surface area contributed by atoms with E-state index in [0.29, 0.717) is 35.9 Å². The normalized spacial score (nSPS) is 17.3. The van der Waals surface area contributed by atoms with Crippen LogP contribution in [-0.4, -0.2) is 50.0 Å². The summed E-state index contributed by atoms with van der Waals surface area (Å²) in [5.41, 5.74) is 4.65. The molecule has 5 heterocycles. The zero-order chi connectivity index (χ0) is 24.2. The highest BCUT2D eigenvalue weighted by molar-refractivity contribution is 5.93. The van der Waals surface area contributed by atoms with Crippen LogP contribution in [0.5, 0.6) is 0 Å². The first-order chi connectivity index (χ1) is 17.7. The van der Waals surface area contributed by atoms with Crippen LogP contribution in [0.1, 0.15) is 30.0 Å². The molecule has 0 atom stereocenters. The van der Waals surface area contributed by atoms with Crippen LogP contribution in [0.15, 0.2) is 47.5 Å². The van der Waals surface area contributed by atoms with Crippen LogP contribution >= 0.6 is 0 Å². The second kappa shape index (κ2) is 8.16. The Morgan fingerprint density at radius 2 is 1.94 bits per heavy atom. The van der Waals surface area contributed by atoms with Gasteiger partial charge >= 0.3 is 6.03 Å². The van der Waals surface area contributed by atoms with Gasteiger partial charge in [-0.1, -0.05) is 6.07 Å². The van der Waals surface area contributed by atoms with Crippen LogP contribution in [0.4, 0.5) is 22.2 Å². The number of rotatable bonds is 5. The van der Waals surface area contributed by atoms with Crippen molar-refractivity contribution in [3.63, 3.8) is 0 Å². The zero-order valence-corrected chi connectivity index (χ0v) is 19.6. The van der Waals surface area contributed by atoms with Crippen LogP contribution in [0.3, 0.4) is 0 Å². The fraction of sp³-hybridized carbons (Fsp3) is 0.320. The lowest BCUT2D eigenvalue weighted by Gasteiger charge is -2.18. The topological polar surface area (TPSA) is 122 Å². The quantitative estimate of drug-likeness (QED) is 0.398. The van der Waals surface area contributed by atoms with Crippen LogP contribution in [0, 0.1) is 0 Å². The first-order valence-electron chi connectivity index (χ1n) is 12.3. The molecule has 3 aromatic heterocycles. The van der Waals surface area contributed by atoms with Crippen LogP contribution in [-0.2, 0) is 13.0 Å². The molecule has 0 bridgehead atoms. The maximum atomic E-state index is 13.4. The van der Waals surface area contributed by atoms with E-state index in [1.54, 1.807) is 22.0 Å². The number of urea groups is 1. The number of anilines is 3. The van der Waals surface area contributed by atoms with Crippen molar-refractivity contribution in [2.24, 2.45) is 0 Å². The number of pyridine rings is 1. The Kier molecular flexibility index (Phi) is 4.78. The summed E-state index contributed by atoms with van der Waals surface area (Å²) in [7, 11) is 0. The first kappa shape index (κ1) is 21.1. The van der Waals surface area contributed by atoms with Crippen molar-refractivity contribution in [1.29, 1.82) is 0 Å². The Labute approximate surface area is 206 Å². The van der Waals surface area contributed by atoms with E-state index in [2.05, 4.69) is 38.1 Å². The van der Waals surface area contributed by atoms with Gasteiger partial charge in [0.25, 0.3) is 5.56 Å². The van der Waals surface area contributed by atoms with E-state index in [9.17, 15) is 9.59 Å². The number of nitrogens with one attached hydrogen (secondary N) is 3. The first-order valence-corrected chi connectivity index (χ1v) is 12.3. The number of hydrogen-bond donors (Lipinski definition) is 3. The monoisotopic (exact) mass is 483 g/mol. The average Bonchev–Trinajstić information content (AvgIpc) is 3.58. The minimum absolute atomic E-state index is 0.114. The van der Waals surface area contributed by atoms with Crippen molar-refractivity contribution in [1.82, 2.24) is 34.9 Å². The molecule has 7 rings (SSSR count). The predicted octanol–water partition coefficient (Wildman–Crippen LogP) is 2.23. The Morgan fingerprint density at radius 3 is 2.78 bits per heavy atom. The molecule has 3 N–H and O–H groups in total. The van der Waals surface area contributed by atoms with E-state index in [0.717, 1.165) is 43.7 Å². The molecular weight excluding hydrogens is 458 g/mol. The summed E-state index contributed by atoms with van der Waals surface area (Å²) >= 11 is 0. The molecule has 36 heavy (non-hydrogen) atoms. The third kappa shape index (κ3) is 3.51. The maximum Gasteiger partial charge on any atom is 0.323 e. The minimum atomic E-state index is -0.175. The zero-order valence-electron chi connectivity index (χ0n) is 19.6. The summed E-state index contributed by atoms with van der Waals surface area (Å²) in [6, 6.07) is 9.90. The molecule has 2 fully saturated rings. The summed E-state index contributed by atoms with van der Waals surface area (Å²) < 4.78 is 3.61. The van der Waals surface area contributed by atoms with Crippen LogP contribution < -0.4 is 26.4 Å². The van der Waals surface area contributed by atoms with E-state index in [1.165, 1.54) is 11.1 Å². The molecule has 0 radical (unpaired) electrons. The molecule has 2 aliphatic heterocycles. The average molecular weight is 484 g/mol. The lowest BCUT2D eigenvalue weighted by atomic mass is 10.0. The molecule has 1 aromatic carbocycles. The lowest BCUT2D eigenvalue weighted by molar-refractivity contribution is 0.252. The fourth-order valence-electron chi connectivity index (χ4n) is 5.02. The molecule has 2 amide bonds. The number of fused-ring (bicyclic) bond motifs is 2. The van der Waals surface area contributed by atoms with Gasteiger partial charge in [0.2, 0.25) is 5.95 Å². The second-order valence-corrected chi connectivity index (χ2v) is 9.41. The Bertz CT molecular complexity index is 1570. The third-order valence-corrected chi connectivity index (χ3v) is 6.97. The van der Waals surface area contributed by atoms with Crippen LogP contribution in [0.2, 0.25) is 0 Å². The largest absolute Gasteiger partial charge is 0.336 e. The number of carbonyl (C=O) groups excluding carboxylic acids is 1. The van der Waals surface area contributed by atoms with Gasteiger partial charge in [-0.2, -0.15) is 4.98 Å². The van der Waals surface area contributed by atoms with Gasteiger partial charge in [-0.05, 0) is 55.1 Å². The lowest BCUT2D eigenvalue weighted by Crippen LogP contribution is -2.28. The SMILES string of the molecule is O=C1NCCN1c1cc(-n2c3nc(Nc4ccc5c(c4)CNCC5)ncc3c(=O)n2C2CC2)ccn1. The van der Waals surface area contributed by atoms with Crippen molar-refractivity contribution in [2.45, 2.75) is 31.8 Å². The molecule has 4 aromatic rings. The summed E-state index contributed by atoms with van der Waals surface area (Å²) in [6.45, 7) is 2.96. The molecule has 0 unspecified atom stereocenters. The van der Waals surface area contributed by atoms with Gasteiger partial charge in [0.15, 0.2) is 5.65 Å². The highest BCUT2D eigenvalue weighted by Crippen LogP contribution is 2.36. The van der Waals surface area contributed by atoms with Crippen LogP contribution in [0.25, 0.3) is 16.7 Å². The van der Waals surface area contributed by atoms with Gasteiger partial charge in [0.1, 0.15) is 11.2 Å². The van der Waals surface area contributed by atoms with Gasteiger partial charge in [0.05, 0.1) is 11.7 Å². The molecule has 0 spiro atoms. The molecule has 3 aliphatic rings. The van der Waals surface area contributed by atoms with E-state index in [1.807, 2.05) is 22.9 Å². The predicted molar refractivity (Wildman–Crippen MR) is 135 cm³/mol. The summed E-state index contributed by atoms with van der Waals surface area (Å²) in [5.74, 6) is 0.954. The van der Waals surface area contributed by atoms with Gasteiger partial charge in [-0.25, -0.2) is 24.1 Å². The van der Waals surface area contributed by atoms with Gasteiger partial charge in [0, 0.05) is 43.8 Å². The highest BCUT2D eigenvalue weighted by Gasteiger charge is 2.31. The number of aromatic nitrogens is 5. The maximum absolute atomic E-state index is 13.4. The van der Waals surface area contributed by atoms with Crippen molar-refractivity contribution >= 4 is 34.5 Å². The van der Waals surface area contributed by atoms with Crippen molar-refractivity contribution in [2.75, 3.05) is 29.9 Å². The summed E-state index contributed by atoms with van der Waals surface area (Å²) in [5, 5.41) is 9.97. The van der Waals surface area contributed by atoms with E-state index >= 15 is 0 Å². The standard InChI is InChI=1S/C25H25N9O2/c35-23-20-14-29-24(30-17-2-1-15-5-7-26-13-16(15)11-17)31-22(20)33(34(23)18-3-4-18)19-6-8-27-21(12-19)32-10-9-28-25(32)36/h1-2,6,8,11-12,14,18,26H,3-5,7,9-10,13H2,(H,28,36)(H,29,30,31). The molecular formula is C25H25N9O2. The number of carbonyl (C=O) groups is 1.